The van der Waals surface area contributed by atoms with Crippen molar-refractivity contribution in [1.82, 2.24) is 20.4 Å². The molecule has 2 N–H and O–H groups in total. The van der Waals surface area contributed by atoms with Crippen molar-refractivity contribution in [3.05, 3.63) is 24.0 Å². The molecule has 0 radical (unpaired) electrons. The molecule has 0 aliphatic heterocycles. The van der Waals surface area contributed by atoms with Crippen molar-refractivity contribution in [2.75, 3.05) is 0 Å². The molecule has 0 aliphatic rings. The predicted molar refractivity (Wildman–Crippen MR) is 61.3 cm³/mol. The first-order valence-electron chi connectivity index (χ1n) is 5.25. The number of carbonyl (C=O) groups is 1. The molecule has 0 aliphatic carbocycles. The molecule has 17 heavy (non-hydrogen) atoms. The molecule has 0 fully saturated rings. The summed E-state index contributed by atoms with van der Waals surface area (Å²) in [5.74, 6) is -0.490. The quantitative estimate of drug-likeness (QED) is 0.775. The summed E-state index contributed by atoms with van der Waals surface area (Å²) in [6.45, 7) is 5.41. The third-order valence-electron chi connectivity index (χ3n) is 1.99. The normalized spacial score (nSPS) is 11.5. The largest absolute Gasteiger partial charge is 0.455 e. The van der Waals surface area contributed by atoms with Crippen LogP contribution in [0.2, 0.25) is 0 Å². The Morgan fingerprint density at radius 3 is 2.71 bits per heavy atom. The molecule has 0 saturated heterocycles. The Labute approximate surface area is 98.4 Å². The zero-order valence-electron chi connectivity index (χ0n) is 9.94. The Morgan fingerprint density at radius 1 is 1.35 bits per heavy atom. The molecule has 90 valence electrons. The van der Waals surface area contributed by atoms with Crippen LogP contribution >= 0.6 is 0 Å². The van der Waals surface area contributed by atoms with Crippen LogP contribution in [0.4, 0.5) is 0 Å². The number of nitrogens with one attached hydrogen (secondary N) is 2. The van der Waals surface area contributed by atoms with Crippen molar-refractivity contribution in [2.45, 2.75) is 26.4 Å². The summed E-state index contributed by atoms with van der Waals surface area (Å²) in [4.78, 5) is 14.8. The fraction of sp³-hybridized carbons (Fsp3) is 0.364. The van der Waals surface area contributed by atoms with Gasteiger partial charge in [-0.1, -0.05) is 0 Å². The molecular weight excluding hydrogens is 220 g/mol. The first-order valence-corrected chi connectivity index (χ1v) is 5.25. The summed E-state index contributed by atoms with van der Waals surface area (Å²) in [5, 5.41) is 10.2. The Balaban J connectivity index is 2.29. The molecule has 0 bridgehead atoms. The lowest BCUT2D eigenvalue weighted by Gasteiger charge is -2.18. The number of ether oxygens (including phenoxy) is 1. The minimum atomic E-state index is -0.553. The Morgan fingerprint density at radius 2 is 2.12 bits per heavy atom. The number of H-pyrrole nitrogens is 2. The Bertz CT molecular complexity index is 508. The Kier molecular flexibility index (Phi) is 2.71. The first kappa shape index (κ1) is 11.4. The van der Waals surface area contributed by atoms with Gasteiger partial charge in [0.2, 0.25) is 0 Å². The topological polar surface area (TPSA) is 83.7 Å². The van der Waals surface area contributed by atoms with Gasteiger partial charge in [-0.2, -0.15) is 10.3 Å². The van der Waals surface area contributed by atoms with Crippen LogP contribution < -0.4 is 0 Å². The second-order valence-corrected chi connectivity index (χ2v) is 4.61. The molecule has 0 unspecified atom stereocenters. The number of nitrogens with zero attached hydrogens (tertiary/aromatic N) is 2. The number of rotatable bonds is 2. The highest BCUT2D eigenvalue weighted by Gasteiger charge is 2.24. The SMILES string of the molecule is CC(C)(C)OC(=O)c1n[nH]nc1-c1ccc[nH]1. The molecule has 0 atom stereocenters. The van der Waals surface area contributed by atoms with E-state index in [2.05, 4.69) is 20.4 Å². The summed E-state index contributed by atoms with van der Waals surface area (Å²) in [6.07, 6.45) is 1.75. The van der Waals surface area contributed by atoms with Gasteiger partial charge in [0, 0.05) is 6.20 Å². The minimum absolute atomic E-state index is 0.183. The van der Waals surface area contributed by atoms with Gasteiger partial charge in [0.25, 0.3) is 0 Å². The molecule has 0 saturated carbocycles. The van der Waals surface area contributed by atoms with Crippen LogP contribution in [-0.2, 0) is 4.74 Å². The van der Waals surface area contributed by atoms with E-state index in [-0.39, 0.29) is 5.69 Å². The smallest absolute Gasteiger partial charge is 0.361 e. The van der Waals surface area contributed by atoms with E-state index in [0.717, 1.165) is 5.69 Å². The highest BCUT2D eigenvalue weighted by Crippen LogP contribution is 2.19. The van der Waals surface area contributed by atoms with Gasteiger partial charge in [-0.25, -0.2) is 4.79 Å². The second kappa shape index (κ2) is 4.04. The molecule has 6 heteroatoms. The highest BCUT2D eigenvalue weighted by atomic mass is 16.6. The number of carbonyl (C=O) groups excluding carboxylic acids is 1. The monoisotopic (exact) mass is 234 g/mol. The average molecular weight is 234 g/mol. The van der Waals surface area contributed by atoms with E-state index in [1.54, 1.807) is 27.0 Å². The minimum Gasteiger partial charge on any atom is -0.455 e. The van der Waals surface area contributed by atoms with Gasteiger partial charge in [-0.05, 0) is 32.9 Å². The van der Waals surface area contributed by atoms with Crippen LogP contribution in [-0.4, -0.2) is 32.0 Å². The van der Waals surface area contributed by atoms with E-state index < -0.39 is 11.6 Å². The standard InChI is InChI=1S/C11H14N4O2/c1-11(2,3)17-10(16)9-8(13-15-14-9)7-5-4-6-12-7/h4-6,12H,1-3H3,(H,13,14,15). The van der Waals surface area contributed by atoms with E-state index in [1.165, 1.54) is 0 Å². The molecule has 0 spiro atoms. The van der Waals surface area contributed by atoms with Crippen molar-refractivity contribution in [3.8, 4) is 11.4 Å². The molecule has 2 rings (SSSR count). The number of esters is 1. The summed E-state index contributed by atoms with van der Waals surface area (Å²) in [7, 11) is 0. The van der Waals surface area contributed by atoms with Gasteiger partial charge < -0.3 is 9.72 Å². The van der Waals surface area contributed by atoms with Crippen molar-refractivity contribution in [3.63, 3.8) is 0 Å². The lowest BCUT2D eigenvalue weighted by Crippen LogP contribution is -2.24. The molecule has 6 nitrogen and oxygen atoms in total. The van der Waals surface area contributed by atoms with Crippen LogP contribution in [0.1, 0.15) is 31.3 Å². The van der Waals surface area contributed by atoms with Crippen molar-refractivity contribution in [2.24, 2.45) is 0 Å². The van der Waals surface area contributed by atoms with Crippen molar-refractivity contribution >= 4 is 5.97 Å². The van der Waals surface area contributed by atoms with Crippen molar-refractivity contribution < 1.29 is 9.53 Å². The third-order valence-corrected chi connectivity index (χ3v) is 1.99. The van der Waals surface area contributed by atoms with E-state index in [1.807, 2.05) is 12.1 Å². The van der Waals surface area contributed by atoms with Gasteiger partial charge in [-0.3, -0.25) is 0 Å². The van der Waals surface area contributed by atoms with Crippen LogP contribution in [0.25, 0.3) is 11.4 Å². The van der Waals surface area contributed by atoms with Gasteiger partial charge in [0.05, 0.1) is 5.69 Å². The van der Waals surface area contributed by atoms with Gasteiger partial charge in [0.1, 0.15) is 11.3 Å². The number of hydrogen-bond donors (Lipinski definition) is 2. The molecule has 0 amide bonds. The van der Waals surface area contributed by atoms with E-state index in [4.69, 9.17) is 4.74 Å². The van der Waals surface area contributed by atoms with E-state index >= 15 is 0 Å². The summed E-state index contributed by atoms with van der Waals surface area (Å²) < 4.78 is 5.25. The van der Waals surface area contributed by atoms with Crippen LogP contribution in [0.15, 0.2) is 18.3 Å². The predicted octanol–water partition coefficient (Wildman–Crippen LogP) is 1.76. The number of aromatic amines is 2. The van der Waals surface area contributed by atoms with Gasteiger partial charge in [0.15, 0.2) is 5.69 Å². The molecule has 2 aromatic heterocycles. The molecule has 2 aromatic rings. The van der Waals surface area contributed by atoms with Gasteiger partial charge in [-0.15, -0.1) is 5.10 Å². The summed E-state index contributed by atoms with van der Waals surface area (Å²) in [5.41, 5.74) is 0.814. The van der Waals surface area contributed by atoms with Crippen LogP contribution in [0.5, 0.6) is 0 Å². The van der Waals surface area contributed by atoms with E-state index in [9.17, 15) is 4.79 Å². The third kappa shape index (κ3) is 2.52. The zero-order valence-corrected chi connectivity index (χ0v) is 9.94. The maximum absolute atomic E-state index is 11.9. The Hall–Kier alpha value is -2.11. The zero-order chi connectivity index (χ0) is 12.5. The fourth-order valence-electron chi connectivity index (χ4n) is 1.37. The lowest BCUT2D eigenvalue weighted by molar-refractivity contribution is 0.00637. The first-order chi connectivity index (χ1) is 7.97. The fourth-order valence-corrected chi connectivity index (χ4v) is 1.37. The number of aromatic nitrogens is 4. The van der Waals surface area contributed by atoms with E-state index in [0.29, 0.717) is 5.69 Å². The second-order valence-electron chi connectivity index (χ2n) is 4.61. The maximum Gasteiger partial charge on any atom is 0.361 e. The molecule has 2 heterocycles. The van der Waals surface area contributed by atoms with Crippen molar-refractivity contribution in [1.29, 1.82) is 0 Å². The van der Waals surface area contributed by atoms with Gasteiger partial charge >= 0.3 is 5.97 Å². The highest BCUT2D eigenvalue weighted by molar-refractivity contribution is 5.93. The lowest BCUT2D eigenvalue weighted by atomic mass is 10.2. The number of hydrogen-bond acceptors (Lipinski definition) is 4. The summed E-state index contributed by atoms with van der Waals surface area (Å²) in [6, 6.07) is 3.63. The molecule has 0 aromatic carbocycles. The van der Waals surface area contributed by atoms with Crippen LogP contribution in [0.3, 0.4) is 0 Å². The maximum atomic E-state index is 11.9. The summed E-state index contributed by atoms with van der Waals surface area (Å²) >= 11 is 0. The van der Waals surface area contributed by atoms with Crippen LogP contribution in [0, 0.1) is 0 Å². The molecular formula is C11H14N4O2. The average Bonchev–Trinajstić information content (AvgIpc) is 2.85.